The Hall–Kier alpha value is -6.23. The molecule has 0 unspecified atom stereocenters. The average molecular weight is 767 g/mol. The van der Waals surface area contributed by atoms with Crippen LogP contribution in [0, 0.1) is 5.92 Å². The number of carbonyl (C=O) groups excluding carboxylic acids is 6. The van der Waals surface area contributed by atoms with E-state index in [4.69, 9.17) is 18.6 Å². The summed E-state index contributed by atoms with van der Waals surface area (Å²) in [5, 5.41) is 27.4. The zero-order chi connectivity index (χ0) is 40.3. The molecule has 0 bridgehead atoms. The molecule has 2 aromatic carbocycles. The summed E-state index contributed by atoms with van der Waals surface area (Å²) in [7, 11) is 0. The highest BCUT2D eigenvalue weighted by Gasteiger charge is 2.31. The summed E-state index contributed by atoms with van der Waals surface area (Å²) in [4.78, 5) is 86.7. The molecule has 1 heterocycles. The van der Waals surface area contributed by atoms with Gasteiger partial charge in [0.25, 0.3) is 11.8 Å². The SMILES string of the molecule is CCCCC[C@@H](C(=O)NCNC(=O)c1ccc(-c2ccc(C(=O)N[C@@H](CC(=O)O)C(=O)OCOC(=O)c3ccccc3)c(OCC)c2)o1)[C@@H](CC)N(O)C=O. The van der Waals surface area contributed by atoms with Crippen molar-refractivity contribution in [2.24, 2.45) is 5.92 Å². The first-order valence-electron chi connectivity index (χ1n) is 17.7. The van der Waals surface area contributed by atoms with Crippen molar-refractivity contribution in [3.63, 3.8) is 0 Å². The molecule has 3 rings (SSSR count). The lowest BCUT2D eigenvalue weighted by molar-refractivity contribution is -0.168. The predicted molar refractivity (Wildman–Crippen MR) is 194 cm³/mol. The van der Waals surface area contributed by atoms with E-state index in [0.29, 0.717) is 29.9 Å². The zero-order valence-corrected chi connectivity index (χ0v) is 30.8. The number of unbranched alkanes of at least 4 members (excludes halogenated alkanes) is 2. The molecule has 0 radical (unpaired) electrons. The first-order chi connectivity index (χ1) is 26.4. The minimum Gasteiger partial charge on any atom is -0.493 e. The highest BCUT2D eigenvalue weighted by Crippen LogP contribution is 2.29. The van der Waals surface area contributed by atoms with Gasteiger partial charge in [0.15, 0.2) is 5.76 Å². The number of hydrogen-bond acceptors (Lipinski definition) is 12. The summed E-state index contributed by atoms with van der Waals surface area (Å²) in [5.74, 6) is -5.81. The minimum atomic E-state index is -1.65. The van der Waals surface area contributed by atoms with Crippen molar-refractivity contribution >= 4 is 42.0 Å². The highest BCUT2D eigenvalue weighted by atomic mass is 16.7. The van der Waals surface area contributed by atoms with Gasteiger partial charge >= 0.3 is 17.9 Å². The molecular weight excluding hydrogens is 720 g/mol. The van der Waals surface area contributed by atoms with E-state index >= 15 is 0 Å². The molecule has 0 saturated carbocycles. The van der Waals surface area contributed by atoms with Crippen LogP contribution in [0.3, 0.4) is 0 Å². The average Bonchev–Trinajstić information content (AvgIpc) is 3.68. The molecule has 55 heavy (non-hydrogen) atoms. The maximum Gasteiger partial charge on any atom is 0.340 e. The Morgan fingerprint density at radius 2 is 1.65 bits per heavy atom. The third kappa shape index (κ3) is 13.0. The Bertz CT molecular complexity index is 1780. The summed E-state index contributed by atoms with van der Waals surface area (Å²) in [6.07, 6.45) is 2.71. The summed E-state index contributed by atoms with van der Waals surface area (Å²) in [6, 6.07) is 12.7. The number of carboxylic acids is 1. The van der Waals surface area contributed by atoms with Gasteiger partial charge in [-0.15, -0.1) is 0 Å². The molecule has 0 aliphatic heterocycles. The normalized spacial score (nSPS) is 12.3. The van der Waals surface area contributed by atoms with Gasteiger partial charge in [-0.2, -0.15) is 0 Å². The Morgan fingerprint density at radius 1 is 0.909 bits per heavy atom. The summed E-state index contributed by atoms with van der Waals surface area (Å²) in [6.45, 7) is 4.48. The third-order valence-electron chi connectivity index (χ3n) is 8.31. The van der Waals surface area contributed by atoms with Crippen molar-refractivity contribution in [3.05, 3.63) is 77.6 Å². The van der Waals surface area contributed by atoms with Crippen LogP contribution < -0.4 is 20.7 Å². The zero-order valence-electron chi connectivity index (χ0n) is 30.8. The van der Waals surface area contributed by atoms with Gasteiger partial charge in [0.1, 0.15) is 17.6 Å². The summed E-state index contributed by atoms with van der Waals surface area (Å²) < 4.78 is 21.2. The number of nitrogens with one attached hydrogen (secondary N) is 3. The molecule has 0 aliphatic rings. The number of benzene rings is 2. The first kappa shape index (κ1) is 43.2. The van der Waals surface area contributed by atoms with Crippen LogP contribution in [0.15, 0.2) is 65.1 Å². The molecular formula is C38H46N4O13. The predicted octanol–water partition coefficient (Wildman–Crippen LogP) is 3.90. The maximum atomic E-state index is 13.3. The molecule has 17 heteroatoms. The topological polar surface area (TPSA) is 240 Å². The second-order valence-corrected chi connectivity index (χ2v) is 12.1. The van der Waals surface area contributed by atoms with E-state index in [1.807, 2.05) is 6.92 Å². The number of hydrogen-bond donors (Lipinski definition) is 5. The lowest BCUT2D eigenvalue weighted by Gasteiger charge is -2.29. The van der Waals surface area contributed by atoms with Crippen molar-refractivity contribution in [2.45, 2.75) is 71.4 Å². The third-order valence-corrected chi connectivity index (χ3v) is 8.31. The van der Waals surface area contributed by atoms with Gasteiger partial charge in [-0.3, -0.25) is 29.2 Å². The van der Waals surface area contributed by atoms with Crippen LogP contribution >= 0.6 is 0 Å². The smallest absolute Gasteiger partial charge is 0.340 e. The Morgan fingerprint density at radius 3 is 2.31 bits per heavy atom. The van der Waals surface area contributed by atoms with Crippen molar-refractivity contribution in [2.75, 3.05) is 20.1 Å². The molecule has 0 aliphatic carbocycles. The van der Waals surface area contributed by atoms with Crippen LogP contribution in [0.2, 0.25) is 0 Å². The van der Waals surface area contributed by atoms with Gasteiger partial charge in [0.05, 0.1) is 42.8 Å². The quantitative estimate of drug-likeness (QED) is 0.0230. The molecule has 17 nitrogen and oxygen atoms in total. The molecule has 3 atom stereocenters. The number of ether oxygens (including phenoxy) is 3. The second-order valence-electron chi connectivity index (χ2n) is 12.1. The Labute approximate surface area is 317 Å². The van der Waals surface area contributed by atoms with Crippen molar-refractivity contribution in [1.82, 2.24) is 21.0 Å². The van der Waals surface area contributed by atoms with E-state index in [9.17, 15) is 43.9 Å². The second kappa shape index (κ2) is 22.1. The number of nitrogens with zero attached hydrogens (tertiary/aromatic N) is 1. The van der Waals surface area contributed by atoms with E-state index in [2.05, 4.69) is 16.0 Å². The fourth-order valence-electron chi connectivity index (χ4n) is 5.53. The fourth-order valence-corrected chi connectivity index (χ4v) is 5.53. The van der Waals surface area contributed by atoms with E-state index in [-0.39, 0.29) is 48.1 Å². The monoisotopic (exact) mass is 766 g/mol. The van der Waals surface area contributed by atoms with Crippen LogP contribution in [-0.4, -0.2) is 89.6 Å². The molecule has 0 fully saturated rings. The van der Waals surface area contributed by atoms with E-state index < -0.39 is 66.8 Å². The maximum absolute atomic E-state index is 13.3. The molecule has 3 aromatic rings. The molecule has 0 saturated heterocycles. The highest BCUT2D eigenvalue weighted by molar-refractivity contribution is 6.00. The van der Waals surface area contributed by atoms with Crippen LogP contribution in [0.25, 0.3) is 11.3 Å². The van der Waals surface area contributed by atoms with Crippen molar-refractivity contribution in [3.8, 4) is 17.1 Å². The van der Waals surface area contributed by atoms with Crippen LogP contribution in [0.1, 0.15) is 90.6 Å². The van der Waals surface area contributed by atoms with E-state index in [1.165, 1.54) is 42.5 Å². The number of carbonyl (C=O) groups is 7. The van der Waals surface area contributed by atoms with Crippen molar-refractivity contribution in [1.29, 1.82) is 0 Å². The van der Waals surface area contributed by atoms with Crippen LogP contribution in [-0.2, 0) is 28.7 Å². The lowest BCUT2D eigenvalue weighted by Crippen LogP contribution is -2.47. The molecule has 296 valence electrons. The van der Waals surface area contributed by atoms with E-state index in [1.54, 1.807) is 32.0 Å². The van der Waals surface area contributed by atoms with E-state index in [0.717, 1.165) is 12.8 Å². The molecule has 1 aromatic heterocycles. The van der Waals surface area contributed by atoms with Gasteiger partial charge in [0.2, 0.25) is 19.1 Å². The van der Waals surface area contributed by atoms with Gasteiger partial charge in [0, 0.05) is 5.56 Å². The fraction of sp³-hybridized carbons (Fsp3) is 0.395. The largest absolute Gasteiger partial charge is 0.493 e. The standard InChI is InChI=1S/C38H46N4O13/c1-4-7-9-14-26(29(5-2)42(51)22-43)34(46)39-21-40-36(48)31-18-17-30(55-31)25-15-16-27(32(19-25)52-6-3)35(47)41-28(20-33(44)45)38(50)54-23-53-37(49)24-12-10-8-11-13-24/h8,10-13,15-19,22,26,28-29,51H,4-7,9,14,20-21,23H2,1-3H3,(H,39,46)(H,40,48)(H,41,47)(H,44,45)/t26-,28+,29-/m1/s1. The van der Waals surface area contributed by atoms with Gasteiger partial charge < -0.3 is 39.7 Å². The minimum absolute atomic E-state index is 0.0525. The number of aliphatic carboxylic acids is 1. The number of hydroxylamine groups is 2. The number of esters is 2. The molecule has 0 spiro atoms. The summed E-state index contributed by atoms with van der Waals surface area (Å²) >= 11 is 0. The van der Waals surface area contributed by atoms with Gasteiger partial charge in [-0.05, 0) is 56.2 Å². The van der Waals surface area contributed by atoms with Crippen LogP contribution in [0.5, 0.6) is 5.75 Å². The lowest BCUT2D eigenvalue weighted by atomic mass is 9.90. The molecule has 4 amide bonds. The number of amides is 4. The molecule has 5 N–H and O–H groups in total. The van der Waals surface area contributed by atoms with Crippen LogP contribution in [0.4, 0.5) is 0 Å². The number of carboxylic acid groups (broad SMARTS) is 1. The Kier molecular flexibility index (Phi) is 17.3. The number of furan rings is 1. The number of rotatable bonds is 23. The summed E-state index contributed by atoms with van der Waals surface area (Å²) in [5.41, 5.74) is 0.552. The van der Waals surface area contributed by atoms with Gasteiger partial charge in [-0.25, -0.2) is 14.7 Å². The van der Waals surface area contributed by atoms with Gasteiger partial charge in [-0.1, -0.05) is 57.4 Å². The first-order valence-corrected chi connectivity index (χ1v) is 17.7. The van der Waals surface area contributed by atoms with Crippen molar-refractivity contribution < 1.29 is 62.5 Å². The Balaban J connectivity index is 1.65.